The summed E-state index contributed by atoms with van der Waals surface area (Å²) in [5, 5.41) is 1.17. The monoisotopic (exact) mass is 377 g/mol. The molecule has 0 aliphatic rings. The Morgan fingerprint density at radius 2 is 1.75 bits per heavy atom. The lowest BCUT2D eigenvalue weighted by Crippen LogP contribution is -2.06. The quantitative estimate of drug-likeness (QED) is 0.509. The molecule has 0 aliphatic carbocycles. The fourth-order valence-corrected chi connectivity index (χ4v) is 3.07. The average Bonchev–Trinajstić information content (AvgIpc) is 3.04. The summed E-state index contributed by atoms with van der Waals surface area (Å²) in [6, 6.07) is 20.8. The van der Waals surface area contributed by atoms with Crippen LogP contribution in [0.15, 0.2) is 77.5 Å². The van der Waals surface area contributed by atoms with Gasteiger partial charge in [-0.25, -0.2) is 4.98 Å². The largest absolute Gasteiger partial charge is 0.330 e. The highest BCUT2D eigenvalue weighted by Gasteiger charge is 2.07. The molecule has 0 atom stereocenters. The minimum absolute atomic E-state index is 0.731. The minimum Gasteiger partial charge on any atom is -0.330 e. The Balaban J connectivity index is 1.58. The molecule has 2 aromatic carbocycles. The van der Waals surface area contributed by atoms with E-state index in [0.717, 1.165) is 34.5 Å². The first kappa shape index (κ1) is 15.1. The number of benzene rings is 2. The normalized spacial score (nSPS) is 11.0. The summed E-state index contributed by atoms with van der Waals surface area (Å²) in [7, 11) is 0. The van der Waals surface area contributed by atoms with Crippen LogP contribution >= 0.6 is 15.9 Å². The van der Waals surface area contributed by atoms with Crippen LogP contribution in [-0.2, 0) is 13.0 Å². The minimum atomic E-state index is 0.731. The molecule has 2 heterocycles. The van der Waals surface area contributed by atoms with Gasteiger partial charge in [0.1, 0.15) is 5.82 Å². The number of halogens is 1. The Bertz CT molecular complexity index is 974. The van der Waals surface area contributed by atoms with Crippen molar-refractivity contribution in [3.8, 4) is 0 Å². The van der Waals surface area contributed by atoms with E-state index in [-0.39, 0.29) is 0 Å². The van der Waals surface area contributed by atoms with Crippen LogP contribution in [0.4, 0.5) is 0 Å². The van der Waals surface area contributed by atoms with Gasteiger partial charge in [0.05, 0.1) is 5.52 Å². The molecular weight excluding hydrogens is 362 g/mol. The molecule has 0 bridgehead atoms. The molecule has 0 saturated carbocycles. The van der Waals surface area contributed by atoms with Crippen molar-refractivity contribution in [1.29, 1.82) is 0 Å². The lowest BCUT2D eigenvalue weighted by molar-refractivity contribution is 0.736. The van der Waals surface area contributed by atoms with Crippen LogP contribution in [0.5, 0.6) is 0 Å². The highest BCUT2D eigenvalue weighted by Crippen LogP contribution is 2.16. The number of para-hydroxylation sites is 1. The summed E-state index contributed by atoms with van der Waals surface area (Å²) in [5.41, 5.74) is 3.32. The van der Waals surface area contributed by atoms with Crippen molar-refractivity contribution in [3.05, 3.63) is 94.6 Å². The van der Waals surface area contributed by atoms with Crippen molar-refractivity contribution in [2.75, 3.05) is 0 Å². The third-order valence-electron chi connectivity index (χ3n) is 4.06. The predicted molar refractivity (Wildman–Crippen MR) is 100 cm³/mol. The van der Waals surface area contributed by atoms with Gasteiger partial charge < -0.3 is 4.57 Å². The van der Waals surface area contributed by atoms with Gasteiger partial charge in [-0.15, -0.1) is 0 Å². The molecule has 0 amide bonds. The van der Waals surface area contributed by atoms with Gasteiger partial charge in [0, 0.05) is 40.9 Å². The number of imidazole rings is 1. The number of pyridine rings is 1. The Morgan fingerprint density at radius 3 is 2.62 bits per heavy atom. The number of aromatic nitrogens is 3. The zero-order valence-corrected chi connectivity index (χ0v) is 14.6. The first-order valence-electron chi connectivity index (χ1n) is 7.87. The SMILES string of the molecule is Brc1ccc(Cn2ccnc2Cc2ccc3ccccc3n2)cc1. The first-order valence-corrected chi connectivity index (χ1v) is 8.66. The van der Waals surface area contributed by atoms with Crippen LogP contribution in [0.3, 0.4) is 0 Å². The van der Waals surface area contributed by atoms with Crippen molar-refractivity contribution >= 4 is 26.8 Å². The third-order valence-corrected chi connectivity index (χ3v) is 4.59. The number of fused-ring (bicyclic) bond motifs is 1. The Labute approximate surface area is 149 Å². The summed E-state index contributed by atoms with van der Waals surface area (Å²) in [6.45, 7) is 0.816. The lowest BCUT2D eigenvalue weighted by atomic mass is 10.1. The van der Waals surface area contributed by atoms with Gasteiger partial charge in [0.25, 0.3) is 0 Å². The van der Waals surface area contributed by atoms with E-state index in [1.54, 1.807) is 0 Å². The zero-order chi connectivity index (χ0) is 16.4. The van der Waals surface area contributed by atoms with Gasteiger partial charge in [-0.1, -0.05) is 52.3 Å². The van der Waals surface area contributed by atoms with Gasteiger partial charge in [-0.05, 0) is 29.8 Å². The maximum Gasteiger partial charge on any atom is 0.114 e. The van der Waals surface area contributed by atoms with Crippen molar-refractivity contribution in [2.45, 2.75) is 13.0 Å². The topological polar surface area (TPSA) is 30.7 Å². The van der Waals surface area contributed by atoms with E-state index >= 15 is 0 Å². The van der Waals surface area contributed by atoms with Crippen LogP contribution < -0.4 is 0 Å². The second-order valence-electron chi connectivity index (χ2n) is 5.77. The van der Waals surface area contributed by atoms with Gasteiger partial charge in [0.15, 0.2) is 0 Å². The van der Waals surface area contributed by atoms with Crippen LogP contribution in [0.1, 0.15) is 17.1 Å². The molecule has 118 valence electrons. The summed E-state index contributed by atoms with van der Waals surface area (Å²) < 4.78 is 3.28. The first-order chi connectivity index (χ1) is 11.8. The number of hydrogen-bond acceptors (Lipinski definition) is 2. The van der Waals surface area contributed by atoms with Gasteiger partial charge in [-0.2, -0.15) is 0 Å². The standard InChI is InChI=1S/C20H16BrN3/c21-17-8-5-15(6-9-17)14-24-12-11-22-20(24)13-18-10-7-16-3-1-2-4-19(16)23-18/h1-12H,13-14H2. The van der Waals surface area contributed by atoms with Gasteiger partial charge in [0.2, 0.25) is 0 Å². The zero-order valence-electron chi connectivity index (χ0n) is 13.1. The molecule has 3 nitrogen and oxygen atoms in total. The molecule has 0 aliphatic heterocycles. The van der Waals surface area contributed by atoms with E-state index in [1.807, 2.05) is 30.6 Å². The van der Waals surface area contributed by atoms with Crippen LogP contribution in [0.2, 0.25) is 0 Å². The smallest absolute Gasteiger partial charge is 0.114 e. The molecule has 0 saturated heterocycles. The van der Waals surface area contributed by atoms with E-state index in [4.69, 9.17) is 4.98 Å². The molecule has 0 radical (unpaired) electrons. The highest BCUT2D eigenvalue weighted by atomic mass is 79.9. The third kappa shape index (κ3) is 3.24. The molecule has 0 N–H and O–H groups in total. The molecule has 4 aromatic rings. The molecular formula is C20H16BrN3. The molecule has 0 fully saturated rings. The fraction of sp³-hybridized carbons (Fsp3) is 0.100. The molecule has 4 rings (SSSR count). The van der Waals surface area contributed by atoms with E-state index in [2.05, 4.69) is 67.9 Å². The van der Waals surface area contributed by atoms with Crippen molar-refractivity contribution in [3.63, 3.8) is 0 Å². The number of rotatable bonds is 4. The molecule has 4 heteroatoms. The lowest BCUT2D eigenvalue weighted by Gasteiger charge is -2.08. The summed E-state index contributed by atoms with van der Waals surface area (Å²) in [5.74, 6) is 1.03. The predicted octanol–water partition coefficient (Wildman–Crippen LogP) is 4.83. The Hall–Kier alpha value is -2.46. The van der Waals surface area contributed by atoms with Crippen molar-refractivity contribution < 1.29 is 0 Å². The fourth-order valence-electron chi connectivity index (χ4n) is 2.81. The Kier molecular flexibility index (Phi) is 4.13. The van der Waals surface area contributed by atoms with Gasteiger partial charge in [-0.3, -0.25) is 4.98 Å². The average molecular weight is 378 g/mol. The van der Waals surface area contributed by atoms with Gasteiger partial charge >= 0.3 is 0 Å². The summed E-state index contributed by atoms with van der Waals surface area (Å²) >= 11 is 3.47. The number of nitrogens with zero attached hydrogens (tertiary/aromatic N) is 3. The molecule has 2 aromatic heterocycles. The van der Waals surface area contributed by atoms with Crippen LogP contribution in [-0.4, -0.2) is 14.5 Å². The Morgan fingerprint density at radius 1 is 0.917 bits per heavy atom. The van der Waals surface area contributed by atoms with Crippen molar-refractivity contribution in [2.24, 2.45) is 0 Å². The van der Waals surface area contributed by atoms with E-state index in [0.29, 0.717) is 0 Å². The van der Waals surface area contributed by atoms with Crippen LogP contribution in [0.25, 0.3) is 10.9 Å². The van der Waals surface area contributed by atoms with E-state index in [9.17, 15) is 0 Å². The molecule has 24 heavy (non-hydrogen) atoms. The summed E-state index contributed by atoms with van der Waals surface area (Å²) in [6.07, 6.45) is 4.61. The second-order valence-corrected chi connectivity index (χ2v) is 6.69. The molecule has 0 unspecified atom stereocenters. The second kappa shape index (κ2) is 6.57. The van der Waals surface area contributed by atoms with E-state index < -0.39 is 0 Å². The van der Waals surface area contributed by atoms with Crippen molar-refractivity contribution in [1.82, 2.24) is 14.5 Å². The number of hydrogen-bond donors (Lipinski definition) is 0. The maximum absolute atomic E-state index is 4.75. The highest BCUT2D eigenvalue weighted by molar-refractivity contribution is 9.10. The van der Waals surface area contributed by atoms with E-state index in [1.165, 1.54) is 10.9 Å². The molecule has 0 spiro atoms. The maximum atomic E-state index is 4.75. The van der Waals surface area contributed by atoms with Crippen LogP contribution in [0, 0.1) is 0 Å². The summed E-state index contributed by atoms with van der Waals surface area (Å²) in [4.78, 5) is 9.27.